The molecule has 2 aromatic carbocycles. The molecule has 0 saturated carbocycles. The quantitative estimate of drug-likeness (QED) is 0.437. The SMILES string of the molecule is CCCCCOc1ccc(C(=O)N(CCN(C)C)c2nc3ccccc3s2)cc1. The van der Waals surface area contributed by atoms with Crippen molar-refractivity contribution in [3.63, 3.8) is 0 Å². The smallest absolute Gasteiger partial charge is 0.260 e. The number of anilines is 1. The van der Waals surface area contributed by atoms with Crippen LogP contribution in [-0.2, 0) is 0 Å². The maximum Gasteiger partial charge on any atom is 0.260 e. The molecule has 3 aromatic rings. The first-order valence-corrected chi connectivity index (χ1v) is 10.9. The van der Waals surface area contributed by atoms with Crippen molar-refractivity contribution in [3.05, 3.63) is 54.1 Å². The van der Waals surface area contributed by atoms with Gasteiger partial charge in [0.25, 0.3) is 5.91 Å². The number of fused-ring (bicyclic) bond motifs is 1. The largest absolute Gasteiger partial charge is 0.494 e. The molecular formula is C23H29N3O2S. The number of hydrogen-bond donors (Lipinski definition) is 0. The minimum absolute atomic E-state index is 0.0385. The van der Waals surface area contributed by atoms with E-state index in [0.29, 0.717) is 18.7 Å². The van der Waals surface area contributed by atoms with Crippen LogP contribution in [0.1, 0.15) is 36.5 Å². The van der Waals surface area contributed by atoms with Gasteiger partial charge in [0.05, 0.1) is 16.8 Å². The lowest BCUT2D eigenvalue weighted by Crippen LogP contribution is -2.36. The highest BCUT2D eigenvalue weighted by Crippen LogP contribution is 2.29. The van der Waals surface area contributed by atoms with Crippen LogP contribution in [0.3, 0.4) is 0 Å². The molecule has 154 valence electrons. The number of unbranched alkanes of at least 4 members (excludes halogenated alkanes) is 2. The molecule has 0 fully saturated rings. The number of aromatic nitrogens is 1. The maximum atomic E-state index is 13.3. The lowest BCUT2D eigenvalue weighted by atomic mass is 10.2. The van der Waals surface area contributed by atoms with Crippen LogP contribution in [0.4, 0.5) is 5.13 Å². The van der Waals surface area contributed by atoms with Gasteiger partial charge in [0.1, 0.15) is 5.75 Å². The topological polar surface area (TPSA) is 45.7 Å². The van der Waals surface area contributed by atoms with Crippen LogP contribution in [0.15, 0.2) is 48.5 Å². The molecule has 1 heterocycles. The number of carbonyl (C=O) groups is 1. The van der Waals surface area contributed by atoms with Gasteiger partial charge in [-0.3, -0.25) is 9.69 Å². The van der Waals surface area contributed by atoms with Crippen molar-refractivity contribution in [1.29, 1.82) is 0 Å². The molecule has 0 aliphatic carbocycles. The van der Waals surface area contributed by atoms with Gasteiger partial charge < -0.3 is 9.64 Å². The van der Waals surface area contributed by atoms with Gasteiger partial charge in [-0.05, 0) is 56.9 Å². The van der Waals surface area contributed by atoms with E-state index >= 15 is 0 Å². The molecule has 0 radical (unpaired) electrons. The minimum Gasteiger partial charge on any atom is -0.494 e. The fourth-order valence-corrected chi connectivity index (χ4v) is 3.94. The Labute approximate surface area is 176 Å². The summed E-state index contributed by atoms with van der Waals surface area (Å²) in [4.78, 5) is 21.8. The highest BCUT2D eigenvalue weighted by molar-refractivity contribution is 7.22. The molecule has 0 N–H and O–H groups in total. The Morgan fingerprint density at radius 1 is 1.03 bits per heavy atom. The Bertz CT molecular complexity index is 888. The van der Waals surface area contributed by atoms with Gasteiger partial charge in [-0.2, -0.15) is 0 Å². The number of rotatable bonds is 10. The van der Waals surface area contributed by atoms with Crippen molar-refractivity contribution in [1.82, 2.24) is 9.88 Å². The summed E-state index contributed by atoms with van der Waals surface area (Å²) in [5.74, 6) is 0.765. The molecule has 0 saturated heterocycles. The molecule has 0 spiro atoms. The van der Waals surface area contributed by atoms with Crippen molar-refractivity contribution in [3.8, 4) is 5.75 Å². The normalized spacial score (nSPS) is 11.2. The summed E-state index contributed by atoms with van der Waals surface area (Å²) >= 11 is 1.55. The van der Waals surface area contributed by atoms with Crippen LogP contribution in [0.2, 0.25) is 0 Å². The first kappa shape index (κ1) is 21.3. The lowest BCUT2D eigenvalue weighted by Gasteiger charge is -2.22. The van der Waals surface area contributed by atoms with Crippen molar-refractivity contribution < 1.29 is 9.53 Å². The van der Waals surface area contributed by atoms with Crippen molar-refractivity contribution in [2.45, 2.75) is 26.2 Å². The van der Waals surface area contributed by atoms with E-state index in [4.69, 9.17) is 9.72 Å². The second-order valence-corrected chi connectivity index (χ2v) is 8.31. The first-order valence-electron chi connectivity index (χ1n) is 10.1. The number of carbonyl (C=O) groups excluding carboxylic acids is 1. The third-order valence-electron chi connectivity index (χ3n) is 4.65. The average molecular weight is 412 g/mol. The number of likely N-dealkylation sites (N-methyl/N-ethyl adjacent to an activating group) is 1. The highest BCUT2D eigenvalue weighted by Gasteiger charge is 2.21. The van der Waals surface area contributed by atoms with Crippen LogP contribution >= 0.6 is 11.3 Å². The second kappa shape index (κ2) is 10.4. The maximum absolute atomic E-state index is 13.3. The van der Waals surface area contributed by atoms with Crippen molar-refractivity contribution in [2.24, 2.45) is 0 Å². The highest BCUT2D eigenvalue weighted by atomic mass is 32.1. The predicted molar refractivity (Wildman–Crippen MR) is 121 cm³/mol. The molecule has 3 rings (SSSR count). The Morgan fingerprint density at radius 3 is 2.48 bits per heavy atom. The fraction of sp³-hybridized carbons (Fsp3) is 0.391. The van der Waals surface area contributed by atoms with Gasteiger partial charge in [0.15, 0.2) is 5.13 Å². The first-order chi connectivity index (χ1) is 14.1. The molecule has 29 heavy (non-hydrogen) atoms. The van der Waals surface area contributed by atoms with Gasteiger partial charge in [-0.25, -0.2) is 4.98 Å². The number of benzene rings is 2. The molecule has 6 heteroatoms. The monoisotopic (exact) mass is 411 g/mol. The zero-order valence-electron chi connectivity index (χ0n) is 17.4. The van der Waals surface area contributed by atoms with E-state index in [-0.39, 0.29) is 5.91 Å². The van der Waals surface area contributed by atoms with E-state index in [1.807, 2.05) is 62.6 Å². The Balaban J connectivity index is 1.77. The lowest BCUT2D eigenvalue weighted by molar-refractivity contribution is 0.0985. The summed E-state index contributed by atoms with van der Waals surface area (Å²) in [7, 11) is 4.01. The fourth-order valence-electron chi connectivity index (χ4n) is 2.95. The Morgan fingerprint density at radius 2 is 1.79 bits per heavy atom. The van der Waals surface area contributed by atoms with E-state index in [1.54, 1.807) is 16.2 Å². The van der Waals surface area contributed by atoms with Crippen molar-refractivity contribution in [2.75, 3.05) is 38.7 Å². The summed E-state index contributed by atoms with van der Waals surface area (Å²) in [5, 5.41) is 0.734. The van der Waals surface area contributed by atoms with Gasteiger partial charge in [0.2, 0.25) is 0 Å². The third-order valence-corrected chi connectivity index (χ3v) is 5.71. The molecular weight excluding hydrogens is 382 g/mol. The number of ether oxygens (including phenoxy) is 1. The molecule has 1 amide bonds. The van der Waals surface area contributed by atoms with Crippen LogP contribution in [0, 0.1) is 0 Å². The number of nitrogens with zero attached hydrogens (tertiary/aromatic N) is 3. The van der Waals surface area contributed by atoms with Gasteiger partial charge >= 0.3 is 0 Å². The minimum atomic E-state index is -0.0385. The van der Waals surface area contributed by atoms with Gasteiger partial charge in [-0.1, -0.05) is 43.2 Å². The standard InChI is InChI=1S/C23H29N3O2S/c1-4-5-8-17-28-19-13-11-18(12-14-19)22(27)26(16-15-25(2)3)23-24-20-9-6-7-10-21(20)29-23/h6-7,9-14H,4-5,8,15-17H2,1-3H3. The van der Waals surface area contributed by atoms with E-state index in [2.05, 4.69) is 11.8 Å². The van der Waals surface area contributed by atoms with Gasteiger partial charge in [-0.15, -0.1) is 0 Å². The average Bonchev–Trinajstić information content (AvgIpc) is 3.15. The van der Waals surface area contributed by atoms with Crippen LogP contribution in [0.25, 0.3) is 10.2 Å². The van der Waals surface area contributed by atoms with Crippen molar-refractivity contribution >= 4 is 32.6 Å². The zero-order valence-corrected chi connectivity index (χ0v) is 18.2. The predicted octanol–water partition coefficient (Wildman–Crippen LogP) is 5.07. The van der Waals surface area contributed by atoms with E-state index in [1.165, 1.54) is 12.8 Å². The summed E-state index contributed by atoms with van der Waals surface area (Å²) in [5.41, 5.74) is 1.56. The zero-order chi connectivity index (χ0) is 20.6. The Kier molecular flexibility index (Phi) is 7.61. The van der Waals surface area contributed by atoms with Crippen LogP contribution in [0.5, 0.6) is 5.75 Å². The van der Waals surface area contributed by atoms with Crippen LogP contribution in [-0.4, -0.2) is 49.6 Å². The summed E-state index contributed by atoms with van der Waals surface area (Å²) < 4.78 is 6.85. The van der Waals surface area contributed by atoms with E-state index in [0.717, 1.165) is 34.1 Å². The molecule has 0 bridgehead atoms. The molecule has 0 aliphatic rings. The molecule has 0 aliphatic heterocycles. The van der Waals surface area contributed by atoms with Crippen LogP contribution < -0.4 is 9.64 Å². The Hall–Kier alpha value is -2.44. The number of para-hydroxylation sites is 1. The number of hydrogen-bond acceptors (Lipinski definition) is 5. The summed E-state index contributed by atoms with van der Waals surface area (Å²) in [6, 6.07) is 15.4. The molecule has 5 nitrogen and oxygen atoms in total. The number of amides is 1. The van der Waals surface area contributed by atoms with E-state index < -0.39 is 0 Å². The second-order valence-electron chi connectivity index (χ2n) is 7.30. The number of thiazole rings is 1. The molecule has 1 aromatic heterocycles. The summed E-state index contributed by atoms with van der Waals surface area (Å²) in [6.07, 6.45) is 3.39. The van der Waals surface area contributed by atoms with E-state index in [9.17, 15) is 4.79 Å². The van der Waals surface area contributed by atoms with Gasteiger partial charge in [0, 0.05) is 18.7 Å². The molecule has 0 atom stereocenters. The summed E-state index contributed by atoms with van der Waals surface area (Å²) in [6.45, 7) is 4.23. The third kappa shape index (κ3) is 5.78. The molecule has 0 unspecified atom stereocenters.